The summed E-state index contributed by atoms with van der Waals surface area (Å²) in [4.78, 5) is 11.7. The Balaban J connectivity index is 1.92. The van der Waals surface area contributed by atoms with Gasteiger partial charge in [-0.3, -0.25) is 4.79 Å². The molecule has 0 unspecified atom stereocenters. The Morgan fingerprint density at radius 3 is 2.57 bits per heavy atom. The number of benzene rings is 1. The smallest absolute Gasteiger partial charge is 0.376 e. The van der Waals surface area contributed by atoms with Crippen molar-refractivity contribution in [2.45, 2.75) is 37.9 Å². The van der Waals surface area contributed by atoms with Crippen molar-refractivity contribution < 1.29 is 18.0 Å². The highest BCUT2D eigenvalue weighted by atomic mass is 35.5. The summed E-state index contributed by atoms with van der Waals surface area (Å²) in [5.41, 5.74) is -0.696. The zero-order chi connectivity index (χ0) is 15.5. The minimum atomic E-state index is -4.51. The van der Waals surface area contributed by atoms with Gasteiger partial charge in [-0.15, -0.1) is 0 Å². The molecule has 0 bridgehead atoms. The maximum atomic E-state index is 12.7. The molecule has 2 N–H and O–H groups in total. The molecule has 21 heavy (non-hydrogen) atoms. The fourth-order valence-corrected chi connectivity index (χ4v) is 2.61. The fraction of sp³-hybridized carbons (Fsp3) is 0.500. The second kappa shape index (κ2) is 6.56. The number of anilines is 1. The summed E-state index contributed by atoms with van der Waals surface area (Å²) >= 11 is 5.53. The van der Waals surface area contributed by atoms with Gasteiger partial charge in [-0.2, -0.15) is 13.2 Å². The molecular weight excluding hydrogens is 305 g/mol. The van der Waals surface area contributed by atoms with Gasteiger partial charge in [0.15, 0.2) is 0 Å². The first-order valence-corrected chi connectivity index (χ1v) is 7.14. The quantitative estimate of drug-likeness (QED) is 0.885. The van der Waals surface area contributed by atoms with Gasteiger partial charge < -0.3 is 10.6 Å². The molecule has 0 radical (unpaired) electrons. The highest BCUT2D eigenvalue weighted by Crippen LogP contribution is 2.36. The van der Waals surface area contributed by atoms with E-state index >= 15 is 0 Å². The summed E-state index contributed by atoms with van der Waals surface area (Å²) in [7, 11) is 0. The number of rotatable bonds is 4. The van der Waals surface area contributed by atoms with E-state index in [2.05, 4.69) is 10.6 Å². The third-order valence-electron chi connectivity index (χ3n) is 3.45. The first-order chi connectivity index (χ1) is 9.86. The summed E-state index contributed by atoms with van der Waals surface area (Å²) in [6.45, 7) is -0.0601. The maximum absolute atomic E-state index is 12.7. The van der Waals surface area contributed by atoms with E-state index in [0.717, 1.165) is 31.7 Å². The van der Waals surface area contributed by atoms with E-state index in [-0.39, 0.29) is 29.2 Å². The van der Waals surface area contributed by atoms with Crippen molar-refractivity contribution in [3.63, 3.8) is 0 Å². The number of amides is 1. The number of carbonyl (C=O) groups excluding carboxylic acids is 1. The topological polar surface area (TPSA) is 41.1 Å². The van der Waals surface area contributed by atoms with Gasteiger partial charge in [-0.25, -0.2) is 0 Å². The van der Waals surface area contributed by atoms with Crippen molar-refractivity contribution in [2.75, 3.05) is 11.9 Å². The first-order valence-electron chi connectivity index (χ1n) is 6.76. The van der Waals surface area contributed by atoms with E-state index < -0.39 is 11.7 Å². The molecule has 2 rings (SSSR count). The summed E-state index contributed by atoms with van der Waals surface area (Å²) in [6, 6.07) is 3.68. The fourth-order valence-electron chi connectivity index (χ4n) is 2.38. The van der Waals surface area contributed by atoms with Crippen LogP contribution in [-0.2, 0) is 11.0 Å². The van der Waals surface area contributed by atoms with E-state index in [1.165, 1.54) is 12.1 Å². The molecule has 0 heterocycles. The van der Waals surface area contributed by atoms with Gasteiger partial charge in [0, 0.05) is 11.7 Å². The largest absolute Gasteiger partial charge is 0.417 e. The predicted molar refractivity (Wildman–Crippen MR) is 75.3 cm³/mol. The Labute approximate surface area is 125 Å². The Kier molecular flexibility index (Phi) is 4.98. The highest BCUT2D eigenvalue weighted by Gasteiger charge is 2.33. The lowest BCUT2D eigenvalue weighted by Gasteiger charge is -2.14. The van der Waals surface area contributed by atoms with Crippen LogP contribution in [-0.4, -0.2) is 18.5 Å². The lowest BCUT2D eigenvalue weighted by atomic mass is 10.2. The maximum Gasteiger partial charge on any atom is 0.417 e. The Morgan fingerprint density at radius 1 is 1.29 bits per heavy atom. The molecule has 0 spiro atoms. The normalized spacial score (nSPS) is 16.0. The molecule has 0 aliphatic heterocycles. The standard InChI is InChI=1S/C14H16ClF3N2O/c15-12-6-5-10(7-11(12)14(16,17)18)19-8-13(21)20-9-3-1-2-4-9/h5-7,9,19H,1-4,8H2,(H,20,21). The Morgan fingerprint density at radius 2 is 1.95 bits per heavy atom. The highest BCUT2D eigenvalue weighted by molar-refractivity contribution is 6.31. The molecule has 1 aliphatic carbocycles. The number of hydrogen-bond donors (Lipinski definition) is 2. The lowest BCUT2D eigenvalue weighted by Crippen LogP contribution is -2.36. The average molecular weight is 321 g/mol. The molecule has 0 atom stereocenters. The Hall–Kier alpha value is -1.43. The summed E-state index contributed by atoms with van der Waals surface area (Å²) < 4.78 is 38.1. The number of carbonyl (C=O) groups is 1. The van der Waals surface area contributed by atoms with Crippen LogP contribution >= 0.6 is 11.6 Å². The van der Waals surface area contributed by atoms with Crippen LogP contribution in [0.1, 0.15) is 31.2 Å². The zero-order valence-electron chi connectivity index (χ0n) is 11.3. The van der Waals surface area contributed by atoms with E-state index in [9.17, 15) is 18.0 Å². The van der Waals surface area contributed by atoms with Crippen LogP contribution in [0.15, 0.2) is 18.2 Å². The number of halogens is 4. The van der Waals surface area contributed by atoms with Crippen LogP contribution in [0.5, 0.6) is 0 Å². The average Bonchev–Trinajstić information content (AvgIpc) is 2.89. The van der Waals surface area contributed by atoms with Gasteiger partial charge in [-0.1, -0.05) is 24.4 Å². The van der Waals surface area contributed by atoms with Crippen LogP contribution in [0.4, 0.5) is 18.9 Å². The molecule has 0 saturated heterocycles. The lowest BCUT2D eigenvalue weighted by molar-refractivity contribution is -0.137. The molecule has 1 aromatic carbocycles. The van der Waals surface area contributed by atoms with Gasteiger partial charge in [0.25, 0.3) is 0 Å². The number of hydrogen-bond acceptors (Lipinski definition) is 2. The third-order valence-corrected chi connectivity index (χ3v) is 3.77. The van der Waals surface area contributed by atoms with Crippen LogP contribution in [0, 0.1) is 0 Å². The molecule has 3 nitrogen and oxygen atoms in total. The second-order valence-corrected chi connectivity index (χ2v) is 5.50. The van der Waals surface area contributed by atoms with Crippen LogP contribution in [0.3, 0.4) is 0 Å². The van der Waals surface area contributed by atoms with E-state index in [0.29, 0.717) is 0 Å². The summed E-state index contributed by atoms with van der Waals surface area (Å²) in [6.07, 6.45) is -0.383. The van der Waals surface area contributed by atoms with Crippen molar-refractivity contribution in [2.24, 2.45) is 0 Å². The van der Waals surface area contributed by atoms with Crippen molar-refractivity contribution in [1.82, 2.24) is 5.32 Å². The van der Waals surface area contributed by atoms with E-state index in [1.54, 1.807) is 0 Å². The molecule has 1 aliphatic rings. The van der Waals surface area contributed by atoms with Crippen molar-refractivity contribution in [3.8, 4) is 0 Å². The molecule has 0 aromatic heterocycles. The van der Waals surface area contributed by atoms with Gasteiger partial charge in [0.05, 0.1) is 17.1 Å². The summed E-state index contributed by atoms with van der Waals surface area (Å²) in [5.74, 6) is -0.217. The molecular formula is C14H16ClF3N2O. The molecule has 1 fully saturated rings. The van der Waals surface area contributed by atoms with Crippen molar-refractivity contribution in [3.05, 3.63) is 28.8 Å². The van der Waals surface area contributed by atoms with E-state index in [1.807, 2.05) is 0 Å². The molecule has 1 amide bonds. The Bertz CT molecular complexity index is 513. The van der Waals surface area contributed by atoms with Gasteiger partial charge in [0.1, 0.15) is 0 Å². The van der Waals surface area contributed by atoms with Gasteiger partial charge in [0.2, 0.25) is 5.91 Å². The molecule has 7 heteroatoms. The minimum Gasteiger partial charge on any atom is -0.376 e. The first kappa shape index (κ1) is 15.9. The molecule has 1 saturated carbocycles. The third kappa shape index (κ3) is 4.52. The van der Waals surface area contributed by atoms with Crippen molar-refractivity contribution in [1.29, 1.82) is 0 Å². The van der Waals surface area contributed by atoms with Gasteiger partial charge >= 0.3 is 6.18 Å². The number of alkyl halides is 3. The second-order valence-electron chi connectivity index (χ2n) is 5.09. The summed E-state index contributed by atoms with van der Waals surface area (Å²) in [5, 5.41) is 5.19. The van der Waals surface area contributed by atoms with Gasteiger partial charge in [-0.05, 0) is 31.0 Å². The SMILES string of the molecule is O=C(CNc1ccc(Cl)c(C(F)(F)F)c1)NC1CCCC1. The van der Waals surface area contributed by atoms with E-state index in [4.69, 9.17) is 11.6 Å². The van der Waals surface area contributed by atoms with Crippen LogP contribution in [0.2, 0.25) is 5.02 Å². The minimum absolute atomic E-state index is 0.0601. The van der Waals surface area contributed by atoms with Crippen LogP contribution < -0.4 is 10.6 Å². The van der Waals surface area contributed by atoms with Crippen molar-refractivity contribution >= 4 is 23.2 Å². The molecule has 116 valence electrons. The predicted octanol–water partition coefficient (Wildman–Crippen LogP) is 3.83. The zero-order valence-corrected chi connectivity index (χ0v) is 12.0. The molecule has 1 aromatic rings. The number of nitrogens with one attached hydrogen (secondary N) is 2. The monoisotopic (exact) mass is 320 g/mol. The van der Waals surface area contributed by atoms with Crippen LogP contribution in [0.25, 0.3) is 0 Å².